The minimum atomic E-state index is -1.53. The quantitative estimate of drug-likeness (QED) is 0.363. The fourth-order valence-corrected chi connectivity index (χ4v) is 4.20. The van der Waals surface area contributed by atoms with Crippen molar-refractivity contribution in [2.75, 3.05) is 13.2 Å². The number of alkyl carbamates (subject to hydrolysis) is 1. The highest BCUT2D eigenvalue weighted by molar-refractivity contribution is 5.88. The van der Waals surface area contributed by atoms with Gasteiger partial charge in [-0.2, -0.15) is 0 Å². The van der Waals surface area contributed by atoms with Crippen LogP contribution in [0.4, 0.5) is 4.79 Å². The largest absolute Gasteiger partial charge is 0.480 e. The maximum absolute atomic E-state index is 12.4. The number of nitrogens with one attached hydrogen (secondary N) is 2. The van der Waals surface area contributed by atoms with Gasteiger partial charge in [-0.15, -0.1) is 0 Å². The molecule has 0 saturated heterocycles. The molecular formula is C28H26N2O7. The summed E-state index contributed by atoms with van der Waals surface area (Å²) in [6.45, 7) is -0.370. The van der Waals surface area contributed by atoms with Crippen LogP contribution >= 0.6 is 0 Å². The number of carbonyl (C=O) groups is 4. The smallest absolute Gasteiger partial charge is 0.407 e. The minimum absolute atomic E-state index is 0.00561. The van der Waals surface area contributed by atoms with Crippen LogP contribution in [0.25, 0.3) is 11.1 Å². The number of hydrogen-bond acceptors (Lipinski definition) is 6. The molecule has 1 aliphatic carbocycles. The van der Waals surface area contributed by atoms with E-state index in [1.165, 1.54) is 0 Å². The summed E-state index contributed by atoms with van der Waals surface area (Å²) in [4.78, 5) is 48.1. The van der Waals surface area contributed by atoms with Gasteiger partial charge in [-0.3, -0.25) is 9.59 Å². The Kier molecular flexibility index (Phi) is 8.15. The van der Waals surface area contributed by atoms with Crippen LogP contribution in [-0.4, -0.2) is 48.2 Å². The monoisotopic (exact) mass is 502 g/mol. The van der Waals surface area contributed by atoms with Crippen LogP contribution in [0.2, 0.25) is 0 Å². The Morgan fingerprint density at radius 3 is 2.03 bits per heavy atom. The third-order valence-corrected chi connectivity index (χ3v) is 6.00. The van der Waals surface area contributed by atoms with E-state index in [2.05, 4.69) is 10.6 Å². The molecule has 4 rings (SSSR count). The lowest BCUT2D eigenvalue weighted by molar-refractivity contribution is -0.145. The molecule has 0 radical (unpaired) electrons. The van der Waals surface area contributed by atoms with Crippen molar-refractivity contribution in [3.63, 3.8) is 0 Å². The second-order valence-electron chi connectivity index (χ2n) is 8.49. The van der Waals surface area contributed by atoms with Crippen LogP contribution in [-0.2, 0) is 30.5 Å². The van der Waals surface area contributed by atoms with Crippen LogP contribution in [0.3, 0.4) is 0 Å². The Bertz CT molecular complexity index is 1250. The summed E-state index contributed by atoms with van der Waals surface area (Å²) in [5, 5.41) is 14.0. The van der Waals surface area contributed by atoms with Crippen molar-refractivity contribution in [2.24, 2.45) is 0 Å². The first-order valence-corrected chi connectivity index (χ1v) is 11.7. The standard InChI is InChI=1S/C28H26N2O7/c31-25(29-15-26(32)36-16-18-8-2-1-3-9-18)14-24(27(33)34)30-28(35)37-17-23-21-12-6-4-10-19(21)20-11-5-7-13-22(20)23/h1-13,23-24H,14-17H2,(H,29,31)(H,30,35)(H,33,34). The molecule has 3 aromatic rings. The van der Waals surface area contributed by atoms with Crippen molar-refractivity contribution in [3.05, 3.63) is 95.6 Å². The van der Waals surface area contributed by atoms with E-state index in [4.69, 9.17) is 9.47 Å². The van der Waals surface area contributed by atoms with Crippen LogP contribution in [0.15, 0.2) is 78.9 Å². The van der Waals surface area contributed by atoms with E-state index in [9.17, 15) is 24.3 Å². The number of rotatable bonds is 10. The molecular weight excluding hydrogens is 476 g/mol. The molecule has 0 fully saturated rings. The third kappa shape index (κ3) is 6.52. The summed E-state index contributed by atoms with van der Waals surface area (Å²) >= 11 is 0. The molecule has 1 unspecified atom stereocenters. The highest BCUT2D eigenvalue weighted by Gasteiger charge is 2.30. The van der Waals surface area contributed by atoms with Gasteiger partial charge in [0.25, 0.3) is 0 Å². The van der Waals surface area contributed by atoms with Crippen molar-refractivity contribution in [2.45, 2.75) is 25.0 Å². The number of benzene rings is 3. The second-order valence-corrected chi connectivity index (χ2v) is 8.49. The average molecular weight is 503 g/mol. The number of carbonyl (C=O) groups excluding carboxylic acids is 3. The van der Waals surface area contributed by atoms with Crippen LogP contribution in [0, 0.1) is 0 Å². The summed E-state index contributed by atoms with van der Waals surface area (Å²) in [6, 6.07) is 23.1. The first kappa shape index (κ1) is 25.4. The van der Waals surface area contributed by atoms with E-state index in [0.717, 1.165) is 27.8 Å². The number of ether oxygens (including phenoxy) is 2. The fraction of sp³-hybridized carbons (Fsp3) is 0.214. The molecule has 3 aromatic carbocycles. The Morgan fingerprint density at radius 2 is 1.41 bits per heavy atom. The highest BCUT2D eigenvalue weighted by atomic mass is 16.5. The molecule has 0 aliphatic heterocycles. The van der Waals surface area contributed by atoms with Crippen molar-refractivity contribution in [1.29, 1.82) is 0 Å². The van der Waals surface area contributed by atoms with Gasteiger partial charge < -0.3 is 25.2 Å². The topological polar surface area (TPSA) is 131 Å². The zero-order chi connectivity index (χ0) is 26.2. The van der Waals surface area contributed by atoms with Gasteiger partial charge in [0.15, 0.2) is 0 Å². The van der Waals surface area contributed by atoms with Gasteiger partial charge in [0, 0.05) is 5.92 Å². The van der Waals surface area contributed by atoms with E-state index in [-0.39, 0.29) is 19.1 Å². The lowest BCUT2D eigenvalue weighted by atomic mass is 9.98. The molecule has 9 nitrogen and oxygen atoms in total. The normalized spacial score (nSPS) is 12.5. The SMILES string of the molecule is O=C(CC(NC(=O)OCC1c2ccccc2-c2ccccc21)C(=O)O)NCC(=O)OCc1ccccc1. The molecule has 0 saturated carbocycles. The predicted octanol–water partition coefficient (Wildman–Crippen LogP) is 3.23. The molecule has 37 heavy (non-hydrogen) atoms. The number of carboxylic acids is 1. The summed E-state index contributed by atoms with van der Waals surface area (Å²) in [5.74, 6) is -3.00. The molecule has 1 aliphatic rings. The van der Waals surface area contributed by atoms with Crippen molar-refractivity contribution in [3.8, 4) is 11.1 Å². The average Bonchev–Trinajstić information content (AvgIpc) is 3.23. The van der Waals surface area contributed by atoms with E-state index < -0.39 is 42.9 Å². The lowest BCUT2D eigenvalue weighted by Gasteiger charge is -2.17. The molecule has 0 aromatic heterocycles. The Balaban J connectivity index is 1.25. The van der Waals surface area contributed by atoms with Crippen molar-refractivity contribution >= 4 is 23.9 Å². The number of aliphatic carboxylic acids is 1. The van der Waals surface area contributed by atoms with Gasteiger partial charge in [0.2, 0.25) is 5.91 Å². The van der Waals surface area contributed by atoms with E-state index in [1.807, 2.05) is 54.6 Å². The Hall–Kier alpha value is -4.66. The van der Waals surface area contributed by atoms with E-state index >= 15 is 0 Å². The minimum Gasteiger partial charge on any atom is -0.480 e. The lowest BCUT2D eigenvalue weighted by Crippen LogP contribution is -2.45. The van der Waals surface area contributed by atoms with Gasteiger partial charge in [-0.1, -0.05) is 78.9 Å². The van der Waals surface area contributed by atoms with E-state index in [0.29, 0.717) is 0 Å². The summed E-state index contributed by atoms with van der Waals surface area (Å²) in [6.07, 6.45) is -1.53. The van der Waals surface area contributed by atoms with Gasteiger partial charge in [0.05, 0.1) is 6.42 Å². The Labute approximate surface area is 213 Å². The number of fused-ring (bicyclic) bond motifs is 3. The summed E-state index contributed by atoms with van der Waals surface area (Å²) in [5.41, 5.74) is 4.96. The molecule has 190 valence electrons. The van der Waals surface area contributed by atoms with Crippen LogP contribution in [0.1, 0.15) is 29.0 Å². The maximum Gasteiger partial charge on any atom is 0.407 e. The summed E-state index contributed by atoms with van der Waals surface area (Å²) in [7, 11) is 0. The van der Waals surface area contributed by atoms with Gasteiger partial charge in [0.1, 0.15) is 25.8 Å². The molecule has 1 atom stereocenters. The molecule has 0 bridgehead atoms. The zero-order valence-corrected chi connectivity index (χ0v) is 19.9. The van der Waals surface area contributed by atoms with Gasteiger partial charge in [-0.25, -0.2) is 9.59 Å². The number of carboxylic acid groups (broad SMARTS) is 1. The third-order valence-electron chi connectivity index (χ3n) is 6.00. The first-order chi connectivity index (χ1) is 17.9. The number of hydrogen-bond donors (Lipinski definition) is 3. The second kappa shape index (κ2) is 11.9. The van der Waals surface area contributed by atoms with Gasteiger partial charge in [-0.05, 0) is 27.8 Å². The van der Waals surface area contributed by atoms with Crippen molar-refractivity contribution < 1.29 is 33.8 Å². The van der Waals surface area contributed by atoms with E-state index in [1.54, 1.807) is 24.3 Å². The van der Waals surface area contributed by atoms with Crippen molar-refractivity contribution in [1.82, 2.24) is 10.6 Å². The van der Waals surface area contributed by atoms with Crippen LogP contribution in [0.5, 0.6) is 0 Å². The molecule has 9 heteroatoms. The molecule has 3 N–H and O–H groups in total. The number of amides is 2. The first-order valence-electron chi connectivity index (χ1n) is 11.7. The highest BCUT2D eigenvalue weighted by Crippen LogP contribution is 2.44. The molecule has 2 amide bonds. The zero-order valence-electron chi connectivity index (χ0n) is 19.9. The predicted molar refractivity (Wildman–Crippen MR) is 133 cm³/mol. The molecule has 0 spiro atoms. The molecule has 0 heterocycles. The fourth-order valence-electron chi connectivity index (χ4n) is 4.20. The van der Waals surface area contributed by atoms with Gasteiger partial charge >= 0.3 is 18.0 Å². The van der Waals surface area contributed by atoms with Crippen LogP contribution < -0.4 is 10.6 Å². The maximum atomic E-state index is 12.4. The number of esters is 1. The summed E-state index contributed by atoms with van der Waals surface area (Å²) < 4.78 is 10.4. The Morgan fingerprint density at radius 1 is 0.811 bits per heavy atom.